The Morgan fingerprint density at radius 2 is 1.96 bits per heavy atom. The van der Waals surface area contributed by atoms with Gasteiger partial charge >= 0.3 is 6.01 Å². The van der Waals surface area contributed by atoms with E-state index in [9.17, 15) is 0 Å². The van der Waals surface area contributed by atoms with Crippen LogP contribution in [0.2, 0.25) is 0 Å². The van der Waals surface area contributed by atoms with Crippen LogP contribution in [0.1, 0.15) is 41.5 Å². The molecule has 0 aliphatic heterocycles. The number of aromatic nitrogens is 4. The summed E-state index contributed by atoms with van der Waals surface area (Å²) in [5.74, 6) is 1.50. The molecule has 7 nitrogen and oxygen atoms in total. The largest absolute Gasteiger partial charge is 0.407 e. The Bertz CT molecular complexity index is 667. The minimum absolute atomic E-state index is 0.455. The summed E-state index contributed by atoms with van der Waals surface area (Å²) in [4.78, 5) is 11.4. The lowest BCUT2D eigenvalue weighted by atomic mass is 9.95. The van der Waals surface area contributed by atoms with E-state index in [0.29, 0.717) is 25.0 Å². The van der Waals surface area contributed by atoms with Gasteiger partial charge in [0.15, 0.2) is 0 Å². The van der Waals surface area contributed by atoms with Gasteiger partial charge in [0.1, 0.15) is 5.82 Å². The van der Waals surface area contributed by atoms with Gasteiger partial charge in [0.05, 0.1) is 6.54 Å². The van der Waals surface area contributed by atoms with E-state index in [1.165, 1.54) is 24.1 Å². The second kappa shape index (κ2) is 7.04. The first-order valence-corrected chi connectivity index (χ1v) is 8.18. The molecule has 0 atom stereocenters. The maximum absolute atomic E-state index is 5.53. The van der Waals surface area contributed by atoms with E-state index >= 15 is 0 Å². The third-order valence-corrected chi connectivity index (χ3v) is 3.98. The highest BCUT2D eigenvalue weighted by Gasteiger charge is 2.15. The van der Waals surface area contributed by atoms with Gasteiger partial charge in [-0.1, -0.05) is 5.10 Å². The van der Waals surface area contributed by atoms with Crippen LogP contribution in [0.4, 0.5) is 6.01 Å². The predicted molar refractivity (Wildman–Crippen MR) is 87.3 cm³/mol. The van der Waals surface area contributed by atoms with Gasteiger partial charge < -0.3 is 14.6 Å². The normalized spacial score (nSPS) is 14.1. The SMILES string of the molecule is Cc1nc(CCNc2nnc(CN(C)C)o2)nc2c1CCCC2. The van der Waals surface area contributed by atoms with Crippen LogP contribution in [-0.2, 0) is 25.8 Å². The van der Waals surface area contributed by atoms with E-state index in [2.05, 4.69) is 27.4 Å². The van der Waals surface area contributed by atoms with E-state index < -0.39 is 0 Å². The van der Waals surface area contributed by atoms with Gasteiger partial charge in [-0.25, -0.2) is 9.97 Å². The summed E-state index contributed by atoms with van der Waals surface area (Å²) in [6.45, 7) is 3.41. The van der Waals surface area contributed by atoms with Crippen molar-refractivity contribution >= 4 is 6.01 Å². The molecule has 0 fully saturated rings. The van der Waals surface area contributed by atoms with Crippen molar-refractivity contribution in [2.24, 2.45) is 0 Å². The molecule has 0 amide bonds. The lowest BCUT2D eigenvalue weighted by molar-refractivity contribution is 0.344. The van der Waals surface area contributed by atoms with E-state index in [1.807, 2.05) is 19.0 Å². The van der Waals surface area contributed by atoms with Gasteiger partial charge in [-0.05, 0) is 52.3 Å². The molecule has 0 spiro atoms. The highest BCUT2D eigenvalue weighted by Crippen LogP contribution is 2.21. The maximum Gasteiger partial charge on any atom is 0.315 e. The van der Waals surface area contributed by atoms with Crippen molar-refractivity contribution in [2.45, 2.75) is 45.6 Å². The number of rotatable bonds is 6. The van der Waals surface area contributed by atoms with Crippen LogP contribution in [0.5, 0.6) is 0 Å². The van der Waals surface area contributed by atoms with Crippen LogP contribution in [0.25, 0.3) is 0 Å². The monoisotopic (exact) mass is 316 g/mol. The quantitative estimate of drug-likeness (QED) is 0.869. The highest BCUT2D eigenvalue weighted by molar-refractivity contribution is 5.27. The summed E-state index contributed by atoms with van der Waals surface area (Å²) < 4.78 is 5.53. The Balaban J connectivity index is 1.56. The molecule has 0 bridgehead atoms. The second-order valence-corrected chi connectivity index (χ2v) is 6.27. The molecule has 23 heavy (non-hydrogen) atoms. The molecule has 0 radical (unpaired) electrons. The Hall–Kier alpha value is -2.02. The van der Waals surface area contributed by atoms with Crippen LogP contribution in [0.15, 0.2) is 4.42 Å². The molecule has 0 saturated heterocycles. The summed E-state index contributed by atoms with van der Waals surface area (Å²) in [5, 5.41) is 11.1. The van der Waals surface area contributed by atoms with Gasteiger partial charge in [-0.3, -0.25) is 0 Å². The zero-order valence-corrected chi connectivity index (χ0v) is 14.1. The molecular weight excluding hydrogens is 292 g/mol. The molecule has 0 aromatic carbocycles. The minimum Gasteiger partial charge on any atom is -0.407 e. The number of hydrogen-bond acceptors (Lipinski definition) is 7. The first kappa shape index (κ1) is 15.9. The molecule has 124 valence electrons. The zero-order chi connectivity index (χ0) is 16.2. The predicted octanol–water partition coefficient (Wildman–Crippen LogP) is 1.76. The van der Waals surface area contributed by atoms with Crippen molar-refractivity contribution < 1.29 is 4.42 Å². The van der Waals surface area contributed by atoms with Crippen LogP contribution >= 0.6 is 0 Å². The number of fused-ring (bicyclic) bond motifs is 1. The second-order valence-electron chi connectivity index (χ2n) is 6.27. The summed E-state index contributed by atoms with van der Waals surface area (Å²) in [6.07, 6.45) is 5.44. The van der Waals surface area contributed by atoms with Crippen LogP contribution < -0.4 is 5.32 Å². The fourth-order valence-corrected chi connectivity index (χ4v) is 2.90. The lowest BCUT2D eigenvalue weighted by Crippen LogP contribution is -2.14. The third-order valence-electron chi connectivity index (χ3n) is 3.98. The Morgan fingerprint density at radius 1 is 1.13 bits per heavy atom. The molecule has 1 aliphatic rings. The number of nitrogens with one attached hydrogen (secondary N) is 1. The summed E-state index contributed by atoms with van der Waals surface area (Å²) >= 11 is 0. The van der Waals surface area contributed by atoms with E-state index in [1.54, 1.807) is 0 Å². The Morgan fingerprint density at radius 3 is 2.78 bits per heavy atom. The first-order valence-electron chi connectivity index (χ1n) is 8.18. The molecule has 1 N–H and O–H groups in total. The van der Waals surface area contributed by atoms with Gasteiger partial charge in [-0.15, -0.1) is 5.10 Å². The Kier molecular flexibility index (Phi) is 4.85. The van der Waals surface area contributed by atoms with Gasteiger partial charge in [0, 0.05) is 24.4 Å². The molecular formula is C16H24N6O. The van der Waals surface area contributed by atoms with Crippen molar-refractivity contribution in [3.63, 3.8) is 0 Å². The molecule has 2 aromatic heterocycles. The minimum atomic E-state index is 0.455. The van der Waals surface area contributed by atoms with Crippen molar-refractivity contribution in [3.05, 3.63) is 28.7 Å². The molecule has 2 aromatic rings. The number of nitrogens with zero attached hydrogens (tertiary/aromatic N) is 5. The summed E-state index contributed by atoms with van der Waals surface area (Å²) in [7, 11) is 3.93. The molecule has 7 heteroatoms. The standard InChI is InChI=1S/C16H24N6O/c1-11-12-6-4-5-7-13(12)19-14(18-11)8-9-17-16-21-20-15(23-16)10-22(2)3/h4-10H2,1-3H3,(H,17,21). The lowest BCUT2D eigenvalue weighted by Gasteiger charge is -2.17. The third kappa shape index (κ3) is 4.04. The van der Waals surface area contributed by atoms with Crippen molar-refractivity contribution in [2.75, 3.05) is 26.0 Å². The van der Waals surface area contributed by atoms with Crippen LogP contribution in [0.3, 0.4) is 0 Å². The molecule has 0 saturated carbocycles. The topological polar surface area (TPSA) is 80.0 Å². The van der Waals surface area contributed by atoms with Gasteiger partial charge in [0.2, 0.25) is 5.89 Å². The number of hydrogen-bond donors (Lipinski definition) is 1. The average Bonchev–Trinajstić information content (AvgIpc) is 2.94. The van der Waals surface area contributed by atoms with Crippen molar-refractivity contribution in [3.8, 4) is 0 Å². The Labute approximate surface area is 136 Å². The molecule has 3 rings (SSSR count). The fourth-order valence-electron chi connectivity index (χ4n) is 2.90. The summed E-state index contributed by atoms with van der Waals surface area (Å²) in [6, 6.07) is 0.455. The zero-order valence-electron chi connectivity index (χ0n) is 14.1. The number of aryl methyl sites for hydroxylation is 2. The summed E-state index contributed by atoms with van der Waals surface area (Å²) in [5.41, 5.74) is 3.73. The van der Waals surface area contributed by atoms with Gasteiger partial charge in [0.25, 0.3) is 0 Å². The van der Waals surface area contributed by atoms with Crippen molar-refractivity contribution in [1.82, 2.24) is 25.1 Å². The van der Waals surface area contributed by atoms with E-state index in [-0.39, 0.29) is 0 Å². The fraction of sp³-hybridized carbons (Fsp3) is 0.625. The highest BCUT2D eigenvalue weighted by atomic mass is 16.4. The van der Waals surface area contributed by atoms with Gasteiger partial charge in [-0.2, -0.15) is 0 Å². The first-order chi connectivity index (χ1) is 11.1. The molecule has 2 heterocycles. The maximum atomic E-state index is 5.53. The number of anilines is 1. The molecule has 0 unspecified atom stereocenters. The van der Waals surface area contributed by atoms with E-state index in [4.69, 9.17) is 9.40 Å². The average molecular weight is 316 g/mol. The van der Waals surface area contributed by atoms with Crippen LogP contribution in [0, 0.1) is 6.92 Å². The van der Waals surface area contributed by atoms with Crippen LogP contribution in [-0.4, -0.2) is 45.7 Å². The van der Waals surface area contributed by atoms with Crippen molar-refractivity contribution in [1.29, 1.82) is 0 Å². The molecule has 1 aliphatic carbocycles. The smallest absolute Gasteiger partial charge is 0.315 e. The van der Waals surface area contributed by atoms with E-state index in [0.717, 1.165) is 30.8 Å².